The first-order chi connectivity index (χ1) is 9.43. The molecule has 1 saturated heterocycles. The fraction of sp³-hybridized carbons (Fsp3) is 0.625. The largest absolute Gasteiger partial charge is 0.378 e. The molecule has 0 radical (unpaired) electrons. The Bertz CT molecular complexity index is 428. The van der Waals surface area contributed by atoms with Gasteiger partial charge in [-0.1, -0.05) is 12.1 Å². The van der Waals surface area contributed by atoms with Crippen LogP contribution >= 0.6 is 11.8 Å². The summed E-state index contributed by atoms with van der Waals surface area (Å²) >= 11 is 2.06. The van der Waals surface area contributed by atoms with Crippen molar-refractivity contribution >= 4 is 17.4 Å². The summed E-state index contributed by atoms with van der Waals surface area (Å²) in [4.78, 5) is 4.67. The number of benzene rings is 1. The van der Waals surface area contributed by atoms with Gasteiger partial charge in [0.05, 0.1) is 0 Å². The second-order valence-electron chi connectivity index (χ2n) is 6.32. The summed E-state index contributed by atoms with van der Waals surface area (Å²) in [6.45, 7) is 7.57. The number of hydrogen-bond acceptors (Lipinski definition) is 4. The van der Waals surface area contributed by atoms with Gasteiger partial charge in [0.1, 0.15) is 0 Å². The Kier molecular flexibility index (Phi) is 4.99. The highest BCUT2D eigenvalue weighted by Crippen LogP contribution is 2.34. The first-order valence-corrected chi connectivity index (χ1v) is 8.27. The monoisotopic (exact) mass is 293 g/mol. The predicted octanol–water partition coefficient (Wildman–Crippen LogP) is 2.58. The van der Waals surface area contributed by atoms with Gasteiger partial charge in [0.15, 0.2) is 0 Å². The van der Waals surface area contributed by atoms with Crippen LogP contribution < -0.4 is 10.6 Å². The predicted molar refractivity (Wildman–Crippen MR) is 90.7 cm³/mol. The molecule has 1 aliphatic rings. The van der Waals surface area contributed by atoms with Gasteiger partial charge in [0, 0.05) is 56.0 Å². The second kappa shape index (κ2) is 6.37. The van der Waals surface area contributed by atoms with Crippen molar-refractivity contribution in [1.29, 1.82) is 0 Å². The van der Waals surface area contributed by atoms with Crippen LogP contribution in [0.2, 0.25) is 0 Å². The van der Waals surface area contributed by atoms with E-state index < -0.39 is 0 Å². The van der Waals surface area contributed by atoms with E-state index in [9.17, 15) is 0 Å². The Morgan fingerprint density at radius 1 is 1.30 bits per heavy atom. The van der Waals surface area contributed by atoms with E-state index in [1.165, 1.54) is 17.0 Å². The van der Waals surface area contributed by atoms with Gasteiger partial charge in [-0.2, -0.15) is 11.8 Å². The summed E-state index contributed by atoms with van der Waals surface area (Å²) in [5.74, 6) is 1.19. The molecule has 4 heteroatoms. The average molecular weight is 293 g/mol. The molecule has 1 aromatic rings. The molecular weight excluding hydrogens is 266 g/mol. The minimum Gasteiger partial charge on any atom is -0.378 e. The molecule has 0 bridgehead atoms. The maximum atomic E-state index is 6.06. The van der Waals surface area contributed by atoms with Crippen molar-refractivity contribution in [2.75, 3.05) is 44.4 Å². The Labute approximate surface area is 127 Å². The van der Waals surface area contributed by atoms with Crippen LogP contribution in [0.5, 0.6) is 0 Å². The summed E-state index contributed by atoms with van der Waals surface area (Å²) in [5.41, 5.74) is 8.63. The molecule has 1 atom stereocenters. The molecule has 2 rings (SSSR count). The van der Waals surface area contributed by atoms with E-state index in [0.29, 0.717) is 17.3 Å². The first-order valence-electron chi connectivity index (χ1n) is 7.28. The van der Waals surface area contributed by atoms with Crippen molar-refractivity contribution < 1.29 is 0 Å². The van der Waals surface area contributed by atoms with Gasteiger partial charge in [0.2, 0.25) is 0 Å². The van der Waals surface area contributed by atoms with Crippen molar-refractivity contribution in [3.05, 3.63) is 29.8 Å². The van der Waals surface area contributed by atoms with E-state index in [1.54, 1.807) is 0 Å². The Morgan fingerprint density at radius 3 is 2.45 bits per heavy atom. The lowest BCUT2D eigenvalue weighted by atomic mass is 10.0. The smallest absolute Gasteiger partial charge is 0.0471 e. The minimum atomic E-state index is 0.329. The third-order valence-corrected chi connectivity index (χ3v) is 5.21. The molecule has 1 fully saturated rings. The molecule has 0 aromatic heterocycles. The van der Waals surface area contributed by atoms with Crippen molar-refractivity contribution in [2.24, 2.45) is 5.73 Å². The molecule has 112 valence electrons. The SMILES string of the molecule is CN(C)c1ccc(C(CN)N2CCSC(C)(C)C2)cc1. The van der Waals surface area contributed by atoms with Crippen LogP contribution in [0.25, 0.3) is 0 Å². The molecule has 1 aliphatic heterocycles. The number of nitrogens with two attached hydrogens (primary N) is 1. The number of thioether (sulfide) groups is 1. The number of nitrogens with zero attached hydrogens (tertiary/aromatic N) is 2. The van der Waals surface area contributed by atoms with E-state index in [4.69, 9.17) is 5.73 Å². The highest BCUT2D eigenvalue weighted by molar-refractivity contribution is 8.00. The lowest BCUT2D eigenvalue weighted by molar-refractivity contribution is 0.192. The van der Waals surface area contributed by atoms with Crippen molar-refractivity contribution in [1.82, 2.24) is 4.90 Å². The van der Waals surface area contributed by atoms with E-state index in [-0.39, 0.29) is 0 Å². The van der Waals surface area contributed by atoms with Gasteiger partial charge in [-0.15, -0.1) is 0 Å². The van der Waals surface area contributed by atoms with Crippen LogP contribution in [0, 0.1) is 0 Å². The van der Waals surface area contributed by atoms with Gasteiger partial charge in [-0.25, -0.2) is 0 Å². The van der Waals surface area contributed by atoms with Crippen molar-refractivity contribution in [3.63, 3.8) is 0 Å². The summed E-state index contributed by atoms with van der Waals surface area (Å²) in [7, 11) is 4.14. The zero-order valence-corrected chi connectivity index (χ0v) is 13.9. The van der Waals surface area contributed by atoms with Crippen LogP contribution in [-0.2, 0) is 0 Å². The van der Waals surface area contributed by atoms with Gasteiger partial charge in [0.25, 0.3) is 0 Å². The van der Waals surface area contributed by atoms with Crippen LogP contribution in [0.1, 0.15) is 25.5 Å². The normalized spacial score (nSPS) is 20.6. The van der Waals surface area contributed by atoms with E-state index in [0.717, 1.165) is 13.1 Å². The van der Waals surface area contributed by atoms with Gasteiger partial charge >= 0.3 is 0 Å². The molecule has 0 saturated carbocycles. The molecule has 3 nitrogen and oxygen atoms in total. The molecule has 0 amide bonds. The summed E-state index contributed by atoms with van der Waals surface area (Å²) in [6.07, 6.45) is 0. The highest BCUT2D eigenvalue weighted by atomic mass is 32.2. The number of rotatable bonds is 4. The van der Waals surface area contributed by atoms with Crippen LogP contribution in [0.3, 0.4) is 0 Å². The molecule has 20 heavy (non-hydrogen) atoms. The van der Waals surface area contributed by atoms with Gasteiger partial charge < -0.3 is 10.6 Å². The summed E-state index contributed by atoms with van der Waals surface area (Å²) in [6, 6.07) is 9.15. The topological polar surface area (TPSA) is 32.5 Å². The van der Waals surface area contributed by atoms with E-state index in [1.807, 2.05) is 0 Å². The molecular formula is C16H27N3S. The second-order valence-corrected chi connectivity index (χ2v) is 8.12. The third-order valence-electron chi connectivity index (χ3n) is 3.91. The Morgan fingerprint density at radius 2 is 1.95 bits per heavy atom. The highest BCUT2D eigenvalue weighted by Gasteiger charge is 2.31. The van der Waals surface area contributed by atoms with Gasteiger partial charge in [-0.05, 0) is 31.5 Å². The van der Waals surface area contributed by atoms with E-state index in [2.05, 4.69) is 73.8 Å². The average Bonchev–Trinajstić information content (AvgIpc) is 2.39. The van der Waals surface area contributed by atoms with Crippen LogP contribution in [-0.4, -0.2) is 49.1 Å². The number of anilines is 1. The number of hydrogen-bond donors (Lipinski definition) is 1. The van der Waals surface area contributed by atoms with Crippen molar-refractivity contribution in [2.45, 2.75) is 24.6 Å². The van der Waals surface area contributed by atoms with Crippen molar-refractivity contribution in [3.8, 4) is 0 Å². The summed E-state index contributed by atoms with van der Waals surface area (Å²) in [5, 5.41) is 0. The first kappa shape index (κ1) is 15.7. The summed E-state index contributed by atoms with van der Waals surface area (Å²) < 4.78 is 0.329. The minimum absolute atomic E-state index is 0.329. The molecule has 0 spiro atoms. The Balaban J connectivity index is 2.15. The molecule has 1 aromatic carbocycles. The fourth-order valence-electron chi connectivity index (χ4n) is 2.81. The zero-order valence-electron chi connectivity index (χ0n) is 13.1. The van der Waals surface area contributed by atoms with E-state index >= 15 is 0 Å². The lowest BCUT2D eigenvalue weighted by Gasteiger charge is -2.41. The maximum absolute atomic E-state index is 6.06. The molecule has 0 aliphatic carbocycles. The van der Waals surface area contributed by atoms with Crippen LogP contribution in [0.4, 0.5) is 5.69 Å². The van der Waals surface area contributed by atoms with Crippen LogP contribution in [0.15, 0.2) is 24.3 Å². The molecule has 1 unspecified atom stereocenters. The standard InChI is InChI=1S/C16H27N3S/c1-16(2)12-19(9-10-20-16)15(11-17)13-5-7-14(8-6-13)18(3)4/h5-8,15H,9-12,17H2,1-4H3. The zero-order chi connectivity index (χ0) is 14.8. The fourth-order valence-corrected chi connectivity index (χ4v) is 3.95. The molecule has 2 N–H and O–H groups in total. The lowest BCUT2D eigenvalue weighted by Crippen LogP contribution is -2.46. The van der Waals surface area contributed by atoms with Gasteiger partial charge in [-0.3, -0.25) is 4.90 Å². The quantitative estimate of drug-likeness (QED) is 0.925. The molecule has 1 heterocycles. The maximum Gasteiger partial charge on any atom is 0.0471 e. The third kappa shape index (κ3) is 3.68. The Hall–Kier alpha value is -0.710.